The van der Waals surface area contributed by atoms with Crippen LogP contribution >= 0.6 is 23.2 Å². The number of hydrogen-bond donors (Lipinski definition) is 2. The third kappa shape index (κ3) is 4.90. The maximum absolute atomic E-state index is 13.5. The number of carbonyl (C=O) groups excluding carboxylic acids is 1. The predicted molar refractivity (Wildman–Crippen MR) is 105 cm³/mol. The van der Waals surface area contributed by atoms with Crippen LogP contribution in [-0.4, -0.2) is 30.6 Å². The molecule has 1 amide bonds. The van der Waals surface area contributed by atoms with Crippen molar-refractivity contribution in [2.24, 2.45) is 7.05 Å². The summed E-state index contributed by atoms with van der Waals surface area (Å²) in [5, 5.41) is 1.68. The molecule has 0 aliphatic heterocycles. The van der Waals surface area contributed by atoms with E-state index in [2.05, 4.69) is 5.32 Å². The summed E-state index contributed by atoms with van der Waals surface area (Å²) >= 11 is 11.3. The van der Waals surface area contributed by atoms with Gasteiger partial charge in [-0.1, -0.05) is 30.1 Å². The molecule has 30 heavy (non-hydrogen) atoms. The van der Waals surface area contributed by atoms with E-state index in [4.69, 9.17) is 23.2 Å². The standard InChI is InChI=1S/C17H17Cl2F4N3O3S/c1-4-16(2,17(21,22)23)25-30(28,29)10-7-13(26(3)8-10)15(27)24-9-5-11(18)14(20)12(19)6-9/h5-8,25H,4H2,1-3H3,(H,24,27). The molecule has 1 atom stereocenters. The molecule has 166 valence electrons. The zero-order valence-corrected chi connectivity index (χ0v) is 18.2. The SMILES string of the molecule is CCC(C)(NS(=O)(=O)c1cc(C(=O)Nc2cc(Cl)c(F)c(Cl)c2)n(C)c1)C(F)(F)F. The van der Waals surface area contributed by atoms with Gasteiger partial charge in [-0.15, -0.1) is 0 Å². The van der Waals surface area contributed by atoms with E-state index in [0.29, 0.717) is 0 Å². The van der Waals surface area contributed by atoms with Crippen LogP contribution in [0.3, 0.4) is 0 Å². The maximum atomic E-state index is 13.5. The summed E-state index contributed by atoms with van der Waals surface area (Å²) < 4.78 is 81.0. The molecule has 0 aliphatic carbocycles. The molecule has 0 saturated heterocycles. The Morgan fingerprint density at radius 2 is 1.70 bits per heavy atom. The van der Waals surface area contributed by atoms with Crippen LogP contribution in [0, 0.1) is 5.82 Å². The van der Waals surface area contributed by atoms with Gasteiger partial charge < -0.3 is 9.88 Å². The first-order valence-electron chi connectivity index (χ1n) is 8.34. The molecular weight excluding hydrogens is 473 g/mol. The van der Waals surface area contributed by atoms with Gasteiger partial charge in [0.25, 0.3) is 5.91 Å². The van der Waals surface area contributed by atoms with Crippen LogP contribution in [0.2, 0.25) is 10.0 Å². The second-order valence-corrected chi connectivity index (χ2v) is 9.17. The molecule has 0 saturated carbocycles. The van der Waals surface area contributed by atoms with Crippen molar-refractivity contribution in [3.63, 3.8) is 0 Å². The summed E-state index contributed by atoms with van der Waals surface area (Å²) in [6, 6.07) is 3.11. The lowest BCUT2D eigenvalue weighted by Gasteiger charge is -2.31. The molecule has 2 rings (SSSR count). The highest BCUT2D eigenvalue weighted by Gasteiger charge is 2.52. The molecule has 2 aromatic rings. The molecule has 0 bridgehead atoms. The Morgan fingerprint density at radius 1 is 1.17 bits per heavy atom. The molecule has 1 aromatic carbocycles. The second-order valence-electron chi connectivity index (χ2n) is 6.67. The van der Waals surface area contributed by atoms with Crippen molar-refractivity contribution in [1.82, 2.24) is 9.29 Å². The lowest BCUT2D eigenvalue weighted by Crippen LogP contribution is -2.55. The highest BCUT2D eigenvalue weighted by atomic mass is 35.5. The third-order valence-corrected chi connectivity index (χ3v) is 6.57. The summed E-state index contributed by atoms with van der Waals surface area (Å²) in [5.41, 5.74) is -2.83. The van der Waals surface area contributed by atoms with E-state index in [1.807, 2.05) is 0 Å². The molecule has 13 heteroatoms. The number of amides is 1. The fourth-order valence-corrected chi connectivity index (χ4v) is 4.44. The topological polar surface area (TPSA) is 80.2 Å². The van der Waals surface area contributed by atoms with E-state index in [1.165, 1.54) is 14.0 Å². The van der Waals surface area contributed by atoms with Crippen molar-refractivity contribution in [1.29, 1.82) is 0 Å². The fraction of sp³-hybridized carbons (Fsp3) is 0.353. The van der Waals surface area contributed by atoms with Crippen LogP contribution in [0.5, 0.6) is 0 Å². The minimum absolute atomic E-state index is 0.0377. The van der Waals surface area contributed by atoms with E-state index in [9.17, 15) is 30.8 Å². The summed E-state index contributed by atoms with van der Waals surface area (Å²) in [5.74, 6) is -1.69. The van der Waals surface area contributed by atoms with Crippen molar-refractivity contribution in [2.45, 2.75) is 36.9 Å². The normalized spacial score (nSPS) is 14.4. The van der Waals surface area contributed by atoms with Gasteiger partial charge in [-0.25, -0.2) is 12.8 Å². The van der Waals surface area contributed by atoms with Crippen LogP contribution in [-0.2, 0) is 17.1 Å². The van der Waals surface area contributed by atoms with Gasteiger partial charge in [0.15, 0.2) is 5.82 Å². The van der Waals surface area contributed by atoms with Gasteiger partial charge in [0, 0.05) is 18.9 Å². The largest absolute Gasteiger partial charge is 0.407 e. The maximum Gasteiger partial charge on any atom is 0.407 e. The number of rotatable bonds is 6. The Hall–Kier alpha value is -1.82. The summed E-state index contributed by atoms with van der Waals surface area (Å²) in [6.45, 7) is 1.92. The molecular formula is C17H17Cl2F4N3O3S. The summed E-state index contributed by atoms with van der Waals surface area (Å²) in [7, 11) is -3.27. The zero-order chi connectivity index (χ0) is 23.1. The predicted octanol–water partition coefficient (Wildman–Crippen LogP) is 4.73. The zero-order valence-electron chi connectivity index (χ0n) is 15.9. The molecule has 1 heterocycles. The van der Waals surface area contributed by atoms with E-state index in [-0.39, 0.29) is 21.4 Å². The van der Waals surface area contributed by atoms with Gasteiger partial charge in [0.1, 0.15) is 16.1 Å². The van der Waals surface area contributed by atoms with Crippen LogP contribution in [0.25, 0.3) is 0 Å². The van der Waals surface area contributed by atoms with Crippen molar-refractivity contribution >= 4 is 44.8 Å². The number of hydrogen-bond acceptors (Lipinski definition) is 3. The first kappa shape index (κ1) is 24.4. The number of anilines is 1. The molecule has 0 fully saturated rings. The number of nitrogens with zero attached hydrogens (tertiary/aromatic N) is 1. The van der Waals surface area contributed by atoms with Crippen molar-refractivity contribution < 1.29 is 30.8 Å². The number of alkyl halides is 3. The minimum Gasteiger partial charge on any atom is -0.345 e. The van der Waals surface area contributed by atoms with E-state index < -0.39 is 44.8 Å². The van der Waals surface area contributed by atoms with Gasteiger partial charge in [0.05, 0.1) is 10.0 Å². The number of aromatic nitrogens is 1. The summed E-state index contributed by atoms with van der Waals surface area (Å²) in [4.78, 5) is 11.9. The highest BCUT2D eigenvalue weighted by Crippen LogP contribution is 2.34. The van der Waals surface area contributed by atoms with Crippen molar-refractivity contribution in [3.05, 3.63) is 46.0 Å². The van der Waals surface area contributed by atoms with Crippen molar-refractivity contribution in [3.8, 4) is 0 Å². The molecule has 6 nitrogen and oxygen atoms in total. The lowest BCUT2D eigenvalue weighted by molar-refractivity contribution is -0.186. The average Bonchev–Trinajstić information content (AvgIpc) is 3.01. The monoisotopic (exact) mass is 489 g/mol. The van der Waals surface area contributed by atoms with Crippen LogP contribution in [0.4, 0.5) is 23.2 Å². The quantitative estimate of drug-likeness (QED) is 0.454. The second kappa shape index (κ2) is 8.37. The van der Waals surface area contributed by atoms with E-state index in [1.54, 1.807) is 4.72 Å². The van der Waals surface area contributed by atoms with Crippen LogP contribution in [0.1, 0.15) is 30.8 Å². The molecule has 0 radical (unpaired) electrons. The van der Waals surface area contributed by atoms with Gasteiger partial charge in [-0.2, -0.15) is 17.9 Å². The van der Waals surface area contributed by atoms with Crippen LogP contribution < -0.4 is 10.0 Å². The molecule has 0 spiro atoms. The first-order valence-corrected chi connectivity index (χ1v) is 10.6. The number of sulfonamides is 1. The number of benzene rings is 1. The van der Waals surface area contributed by atoms with Gasteiger partial charge in [-0.05, 0) is 31.5 Å². The number of aryl methyl sites for hydroxylation is 1. The van der Waals surface area contributed by atoms with Gasteiger partial charge >= 0.3 is 6.18 Å². The minimum atomic E-state index is -4.83. The Kier molecular flexibility index (Phi) is 6.82. The Bertz CT molecular complexity index is 1060. The van der Waals surface area contributed by atoms with Gasteiger partial charge in [0.2, 0.25) is 10.0 Å². The number of carbonyl (C=O) groups is 1. The highest BCUT2D eigenvalue weighted by molar-refractivity contribution is 7.89. The lowest BCUT2D eigenvalue weighted by atomic mass is 10.0. The third-order valence-electron chi connectivity index (χ3n) is 4.46. The van der Waals surface area contributed by atoms with E-state index >= 15 is 0 Å². The Labute approximate surface area is 180 Å². The van der Waals surface area contributed by atoms with E-state index in [0.717, 1.165) is 35.9 Å². The Balaban J connectivity index is 2.33. The average molecular weight is 490 g/mol. The summed E-state index contributed by atoms with van der Waals surface area (Å²) in [6.07, 6.45) is -4.37. The Morgan fingerprint density at radius 3 is 2.17 bits per heavy atom. The number of nitrogens with one attached hydrogen (secondary N) is 2. The van der Waals surface area contributed by atoms with Gasteiger partial charge in [-0.3, -0.25) is 4.79 Å². The first-order chi connectivity index (χ1) is 13.6. The molecule has 2 N–H and O–H groups in total. The fourth-order valence-electron chi connectivity index (χ4n) is 2.42. The smallest absolute Gasteiger partial charge is 0.345 e. The van der Waals surface area contributed by atoms with Crippen molar-refractivity contribution in [2.75, 3.05) is 5.32 Å². The number of halogens is 6. The van der Waals surface area contributed by atoms with Crippen LogP contribution in [0.15, 0.2) is 29.3 Å². The molecule has 0 aliphatic rings. The molecule has 1 aromatic heterocycles. The molecule has 1 unspecified atom stereocenters.